The summed E-state index contributed by atoms with van der Waals surface area (Å²) in [6.45, 7) is 0.634. The van der Waals surface area contributed by atoms with Crippen LogP contribution in [0.3, 0.4) is 0 Å². The molecule has 0 saturated carbocycles. The molecule has 0 spiro atoms. The van der Waals surface area contributed by atoms with E-state index in [1.165, 1.54) is 10.6 Å². The summed E-state index contributed by atoms with van der Waals surface area (Å²) in [4.78, 5) is 16.6. The summed E-state index contributed by atoms with van der Waals surface area (Å²) in [7, 11) is 0. The number of nitrogens with one attached hydrogen (secondary N) is 2. The second-order valence-electron chi connectivity index (χ2n) is 6.32. The smallest absolute Gasteiger partial charge is 0.451 e. The molecule has 8 nitrogen and oxygen atoms in total. The van der Waals surface area contributed by atoms with Gasteiger partial charge in [0.25, 0.3) is 6.08 Å². The number of anilines is 1. The van der Waals surface area contributed by atoms with Gasteiger partial charge in [-0.05, 0) is 12.1 Å². The van der Waals surface area contributed by atoms with Gasteiger partial charge in [0.1, 0.15) is 12.8 Å². The molecule has 1 aliphatic heterocycles. The molecule has 29 heavy (non-hydrogen) atoms. The van der Waals surface area contributed by atoms with Gasteiger partial charge in [-0.3, -0.25) is 0 Å². The van der Waals surface area contributed by atoms with E-state index in [0.717, 1.165) is 10.4 Å². The third-order valence-corrected chi connectivity index (χ3v) is 4.36. The van der Waals surface area contributed by atoms with Gasteiger partial charge in [-0.15, -0.1) is 9.08 Å². The quantitative estimate of drug-likeness (QED) is 0.629. The van der Waals surface area contributed by atoms with E-state index in [1.54, 1.807) is 18.3 Å². The minimum absolute atomic E-state index is 0.309. The van der Waals surface area contributed by atoms with Crippen LogP contribution < -0.4 is 26.6 Å². The molecule has 0 radical (unpaired) electrons. The summed E-state index contributed by atoms with van der Waals surface area (Å²) in [6.07, 6.45) is 1.27. The lowest BCUT2D eigenvalue weighted by atomic mass is 10.2. The fourth-order valence-corrected chi connectivity index (χ4v) is 2.89. The van der Waals surface area contributed by atoms with Gasteiger partial charge in [0.05, 0.1) is 12.2 Å². The summed E-state index contributed by atoms with van der Waals surface area (Å²) in [5, 5.41) is 6.00. The largest absolute Gasteiger partial charge is 0.474 e. The van der Waals surface area contributed by atoms with E-state index in [-0.39, 0.29) is 18.7 Å². The molecule has 4 heterocycles. The number of H-pyrrole nitrogens is 1. The van der Waals surface area contributed by atoms with Crippen LogP contribution in [0.1, 0.15) is 11.1 Å². The van der Waals surface area contributed by atoms with E-state index in [0.29, 0.717) is 35.8 Å². The van der Waals surface area contributed by atoms with Crippen molar-refractivity contribution in [2.24, 2.45) is 5.73 Å². The molecule has 4 rings (SSSR count). The number of nitrogens with two attached hydrogens (primary N) is 1. The maximum Gasteiger partial charge on any atom is 0.451 e. The molecule has 1 aliphatic rings. The molecule has 0 saturated heterocycles. The number of ether oxygens (including phenoxy) is 1. The lowest BCUT2D eigenvalue weighted by Crippen LogP contribution is -2.31. The Morgan fingerprint density at radius 2 is 2.17 bits per heavy atom. The number of halogens is 2. The third kappa shape index (κ3) is 3.81. The normalized spacial score (nSPS) is 12.4. The van der Waals surface area contributed by atoms with Gasteiger partial charge < -0.3 is 15.8 Å². The Hall–Kier alpha value is -3.71. The number of hydrogen-bond donors (Lipinski definition) is 2. The van der Waals surface area contributed by atoms with Crippen LogP contribution in [0.25, 0.3) is 5.65 Å². The van der Waals surface area contributed by atoms with Gasteiger partial charge in [-0.25, -0.2) is 9.78 Å². The van der Waals surface area contributed by atoms with Gasteiger partial charge in [0.15, 0.2) is 0 Å². The van der Waals surface area contributed by atoms with Crippen LogP contribution in [0.5, 0.6) is 5.88 Å². The van der Waals surface area contributed by atoms with E-state index < -0.39 is 11.8 Å². The second kappa shape index (κ2) is 7.73. The molecule has 0 amide bonds. The maximum atomic E-state index is 12.8. The van der Waals surface area contributed by atoms with E-state index in [4.69, 9.17) is 10.5 Å². The number of fused-ring (bicyclic) bond motifs is 2. The monoisotopic (exact) mass is 399 g/mol. The first kappa shape index (κ1) is 18.6. The number of pyridine rings is 2. The summed E-state index contributed by atoms with van der Waals surface area (Å²) >= 11 is 0. The lowest BCUT2D eigenvalue weighted by Gasteiger charge is -2.17. The van der Waals surface area contributed by atoms with Gasteiger partial charge in [-0.2, -0.15) is 13.9 Å². The zero-order chi connectivity index (χ0) is 20.4. The molecular weight excluding hydrogens is 382 g/mol. The van der Waals surface area contributed by atoms with Crippen molar-refractivity contribution in [3.8, 4) is 17.7 Å². The summed E-state index contributed by atoms with van der Waals surface area (Å²) in [5.41, 5.74) is 7.10. The summed E-state index contributed by atoms with van der Waals surface area (Å²) in [5.74, 6) is 6.57. The Morgan fingerprint density at radius 3 is 2.97 bits per heavy atom. The molecule has 0 aliphatic carbocycles. The van der Waals surface area contributed by atoms with Gasteiger partial charge in [0, 0.05) is 42.1 Å². The number of aromatic nitrogens is 4. The zero-order valence-corrected chi connectivity index (χ0v) is 15.2. The Balaban J connectivity index is 1.63. The standard InChI is InChI=1S/C19H16F2N6O2/c20-17(21)14(9-22)11-27-19(28)26-5-3-12(8-16(26)25-27)1-2-13-7-15-18(24-10-13)29-6-4-23-15/h3,5,7-8,10,23H,4,6,9,11,22H2/p+1. The Kier molecular flexibility index (Phi) is 4.97. The van der Waals surface area contributed by atoms with Crippen LogP contribution in [-0.2, 0) is 6.54 Å². The molecule has 148 valence electrons. The first-order valence-corrected chi connectivity index (χ1v) is 8.81. The van der Waals surface area contributed by atoms with E-state index in [2.05, 4.69) is 27.2 Å². The Labute approximate surface area is 163 Å². The highest BCUT2D eigenvalue weighted by Gasteiger charge is 2.17. The van der Waals surface area contributed by atoms with Crippen LogP contribution in [-0.4, -0.2) is 33.8 Å². The number of nitrogens with zero attached hydrogens (tertiary/aromatic N) is 3. The first-order chi connectivity index (χ1) is 14.0. The van der Waals surface area contributed by atoms with E-state index in [9.17, 15) is 13.6 Å². The summed E-state index contributed by atoms with van der Waals surface area (Å²) < 4.78 is 33.5. The van der Waals surface area contributed by atoms with Gasteiger partial charge >= 0.3 is 11.3 Å². The fraction of sp³-hybridized carbons (Fsp3) is 0.211. The Bertz CT molecular complexity index is 1230. The fourth-order valence-electron chi connectivity index (χ4n) is 2.89. The van der Waals surface area contributed by atoms with Crippen molar-refractivity contribution in [3.63, 3.8) is 0 Å². The van der Waals surface area contributed by atoms with Gasteiger partial charge in [0.2, 0.25) is 5.88 Å². The highest BCUT2D eigenvalue weighted by molar-refractivity contribution is 5.58. The van der Waals surface area contributed by atoms with Crippen molar-refractivity contribution in [2.75, 3.05) is 25.0 Å². The van der Waals surface area contributed by atoms with Crippen molar-refractivity contribution in [3.05, 3.63) is 63.9 Å². The number of rotatable bonds is 3. The third-order valence-electron chi connectivity index (χ3n) is 4.36. The molecule has 0 bridgehead atoms. The summed E-state index contributed by atoms with van der Waals surface area (Å²) in [6, 6.07) is 5.18. The van der Waals surface area contributed by atoms with E-state index >= 15 is 0 Å². The molecule has 3 aromatic heterocycles. The predicted octanol–water partition coefficient (Wildman–Crippen LogP) is 0.623. The first-order valence-electron chi connectivity index (χ1n) is 8.81. The van der Waals surface area contributed by atoms with Crippen molar-refractivity contribution in [2.45, 2.75) is 6.54 Å². The molecule has 0 atom stereocenters. The van der Waals surface area contributed by atoms with E-state index in [1.807, 2.05) is 6.07 Å². The van der Waals surface area contributed by atoms with Crippen LogP contribution >= 0.6 is 0 Å². The van der Waals surface area contributed by atoms with Crippen LogP contribution in [0, 0.1) is 11.8 Å². The molecule has 0 unspecified atom stereocenters. The highest BCUT2D eigenvalue weighted by Crippen LogP contribution is 2.24. The maximum absolute atomic E-state index is 12.8. The van der Waals surface area contributed by atoms with Crippen LogP contribution in [0.4, 0.5) is 14.5 Å². The molecule has 0 fully saturated rings. The molecule has 0 aromatic carbocycles. The minimum Gasteiger partial charge on any atom is -0.474 e. The minimum atomic E-state index is -1.88. The highest BCUT2D eigenvalue weighted by atomic mass is 19.3. The average molecular weight is 399 g/mol. The SMILES string of the molecule is NCC(Cn1[nH+]c2cc(C#Cc3cnc4c(c3)NCCO4)ccn2c1=O)=C(F)F. The lowest BCUT2D eigenvalue weighted by molar-refractivity contribution is -0.464. The Morgan fingerprint density at radius 1 is 1.34 bits per heavy atom. The van der Waals surface area contributed by atoms with Crippen molar-refractivity contribution >= 4 is 11.3 Å². The second-order valence-corrected chi connectivity index (χ2v) is 6.32. The molecule has 3 aromatic rings. The number of aromatic amines is 1. The van der Waals surface area contributed by atoms with Crippen molar-refractivity contribution in [1.82, 2.24) is 14.1 Å². The molecular formula is C19H17F2N6O2+. The van der Waals surface area contributed by atoms with Gasteiger partial charge in [-0.1, -0.05) is 11.8 Å². The number of hydrogen-bond acceptors (Lipinski definition) is 5. The zero-order valence-electron chi connectivity index (χ0n) is 15.2. The van der Waals surface area contributed by atoms with Crippen LogP contribution in [0.15, 0.2) is 47.0 Å². The topological polar surface area (TPSA) is 101 Å². The molecule has 4 N–H and O–H groups in total. The van der Waals surface area contributed by atoms with Crippen molar-refractivity contribution < 1.29 is 18.6 Å². The predicted molar refractivity (Wildman–Crippen MR) is 101 cm³/mol. The average Bonchev–Trinajstić information content (AvgIpc) is 3.04. The molecule has 10 heteroatoms. The van der Waals surface area contributed by atoms with Crippen LogP contribution in [0.2, 0.25) is 0 Å². The van der Waals surface area contributed by atoms with Crippen molar-refractivity contribution in [1.29, 1.82) is 0 Å².